The largest absolute Gasteiger partial charge is 0.468 e. The van der Waals surface area contributed by atoms with Crippen LogP contribution in [0.15, 0.2) is 23.4 Å². The van der Waals surface area contributed by atoms with Crippen LogP contribution >= 0.6 is 0 Å². The van der Waals surface area contributed by atoms with Crippen LogP contribution in [-0.4, -0.2) is 36.2 Å². The van der Waals surface area contributed by atoms with Gasteiger partial charge >= 0.3 is 12.1 Å². The number of rotatable bonds is 1. The predicted molar refractivity (Wildman–Crippen MR) is 78.5 cm³/mol. The van der Waals surface area contributed by atoms with Crippen molar-refractivity contribution in [1.82, 2.24) is 4.90 Å². The molecule has 5 nitrogen and oxygen atoms in total. The molecular weight excluding hydrogens is 270 g/mol. The summed E-state index contributed by atoms with van der Waals surface area (Å²) in [6.45, 7) is 7.55. The van der Waals surface area contributed by atoms with E-state index >= 15 is 0 Å². The van der Waals surface area contributed by atoms with Crippen molar-refractivity contribution < 1.29 is 19.1 Å². The third-order valence-electron chi connectivity index (χ3n) is 3.74. The Morgan fingerprint density at radius 1 is 1.24 bits per heavy atom. The molecule has 5 heteroatoms. The summed E-state index contributed by atoms with van der Waals surface area (Å²) in [6.07, 6.45) is 5.32. The van der Waals surface area contributed by atoms with Gasteiger partial charge in [0.2, 0.25) is 0 Å². The number of allylic oxidation sites excluding steroid dienone is 3. The fourth-order valence-electron chi connectivity index (χ4n) is 2.79. The SMILES string of the molecule is COC(=O)C1(C)CN(C(=O)OC(C)(C)C)C2=CCCC=C21. The summed E-state index contributed by atoms with van der Waals surface area (Å²) in [5, 5.41) is 0. The molecule has 0 bridgehead atoms. The number of methoxy groups -OCH3 is 1. The summed E-state index contributed by atoms with van der Waals surface area (Å²) in [7, 11) is 1.37. The van der Waals surface area contributed by atoms with Gasteiger partial charge < -0.3 is 9.47 Å². The third-order valence-corrected chi connectivity index (χ3v) is 3.74. The summed E-state index contributed by atoms with van der Waals surface area (Å²) < 4.78 is 10.4. The molecule has 0 aromatic rings. The number of likely N-dealkylation sites (tertiary alicyclic amines) is 1. The van der Waals surface area contributed by atoms with Gasteiger partial charge in [0, 0.05) is 12.2 Å². The number of hydrogen-bond acceptors (Lipinski definition) is 4. The molecule has 1 unspecified atom stereocenters. The zero-order valence-electron chi connectivity index (χ0n) is 13.4. The average molecular weight is 293 g/mol. The molecule has 0 saturated carbocycles. The second-order valence-corrected chi connectivity index (χ2v) is 6.67. The molecule has 0 radical (unpaired) electrons. The van der Waals surface area contributed by atoms with E-state index in [1.165, 1.54) is 7.11 Å². The molecule has 1 aliphatic carbocycles. The molecule has 116 valence electrons. The van der Waals surface area contributed by atoms with E-state index in [0.717, 1.165) is 24.1 Å². The number of ether oxygens (including phenoxy) is 2. The van der Waals surface area contributed by atoms with Crippen molar-refractivity contribution in [1.29, 1.82) is 0 Å². The minimum atomic E-state index is -0.822. The molecule has 2 aliphatic rings. The lowest BCUT2D eigenvalue weighted by molar-refractivity contribution is -0.148. The standard InChI is InChI=1S/C16H23NO4/c1-15(2,3)21-14(19)17-10-16(4,13(18)20-5)11-8-6-7-9-12(11)17/h8-9H,6-7,10H2,1-5H3. The lowest BCUT2D eigenvalue weighted by Crippen LogP contribution is -2.38. The minimum Gasteiger partial charge on any atom is -0.468 e. The number of carbonyl (C=O) groups excluding carboxylic acids is 2. The summed E-state index contributed by atoms with van der Waals surface area (Å²) >= 11 is 0. The number of nitrogens with zero attached hydrogens (tertiary/aromatic N) is 1. The molecular formula is C16H23NO4. The fraction of sp³-hybridized carbons (Fsp3) is 0.625. The Hall–Kier alpha value is -1.78. The van der Waals surface area contributed by atoms with Crippen molar-refractivity contribution in [3.63, 3.8) is 0 Å². The Morgan fingerprint density at radius 2 is 1.86 bits per heavy atom. The van der Waals surface area contributed by atoms with Crippen LogP contribution < -0.4 is 0 Å². The highest BCUT2D eigenvalue weighted by atomic mass is 16.6. The van der Waals surface area contributed by atoms with Crippen LogP contribution in [0.1, 0.15) is 40.5 Å². The van der Waals surface area contributed by atoms with Crippen LogP contribution in [0, 0.1) is 5.41 Å². The van der Waals surface area contributed by atoms with Crippen molar-refractivity contribution in [2.45, 2.75) is 46.1 Å². The maximum atomic E-state index is 12.4. The molecule has 1 saturated heterocycles. The lowest BCUT2D eigenvalue weighted by atomic mass is 9.81. The monoisotopic (exact) mass is 293 g/mol. The number of esters is 1. The maximum absolute atomic E-state index is 12.4. The van der Waals surface area contributed by atoms with Crippen LogP contribution in [0.5, 0.6) is 0 Å². The highest BCUT2D eigenvalue weighted by molar-refractivity contribution is 5.86. The summed E-state index contributed by atoms with van der Waals surface area (Å²) in [5.41, 5.74) is 0.257. The van der Waals surface area contributed by atoms with Crippen LogP contribution in [0.25, 0.3) is 0 Å². The van der Waals surface area contributed by atoms with Crippen molar-refractivity contribution >= 4 is 12.1 Å². The Labute approximate surface area is 125 Å². The Kier molecular flexibility index (Phi) is 3.87. The van der Waals surface area contributed by atoms with Crippen molar-refractivity contribution in [2.24, 2.45) is 5.41 Å². The van der Waals surface area contributed by atoms with E-state index in [2.05, 4.69) is 0 Å². The predicted octanol–water partition coefficient (Wildman–Crippen LogP) is 3.02. The molecule has 1 fully saturated rings. The molecule has 0 aromatic heterocycles. The number of fused-ring (bicyclic) bond motifs is 1. The highest BCUT2D eigenvalue weighted by Crippen LogP contribution is 2.45. The fourth-order valence-corrected chi connectivity index (χ4v) is 2.79. The molecule has 0 spiro atoms. The first-order valence-corrected chi connectivity index (χ1v) is 7.19. The molecule has 0 N–H and O–H groups in total. The van der Waals surface area contributed by atoms with E-state index in [1.54, 1.807) is 4.90 Å². The molecule has 0 aromatic carbocycles. The number of carbonyl (C=O) groups is 2. The van der Waals surface area contributed by atoms with E-state index in [-0.39, 0.29) is 12.5 Å². The van der Waals surface area contributed by atoms with Crippen LogP contribution in [0.2, 0.25) is 0 Å². The Bertz CT molecular complexity index is 527. The summed E-state index contributed by atoms with van der Waals surface area (Å²) in [6, 6.07) is 0. The lowest BCUT2D eigenvalue weighted by Gasteiger charge is -2.25. The highest BCUT2D eigenvalue weighted by Gasteiger charge is 2.51. The van der Waals surface area contributed by atoms with Gasteiger partial charge in [-0.3, -0.25) is 9.69 Å². The minimum absolute atomic E-state index is 0.256. The first-order chi connectivity index (χ1) is 9.69. The van der Waals surface area contributed by atoms with E-state index < -0.39 is 17.1 Å². The zero-order valence-corrected chi connectivity index (χ0v) is 13.4. The van der Waals surface area contributed by atoms with Gasteiger partial charge in [-0.05, 0) is 46.1 Å². The molecule has 21 heavy (non-hydrogen) atoms. The zero-order chi connectivity index (χ0) is 15.8. The summed E-state index contributed by atoms with van der Waals surface area (Å²) in [5.74, 6) is -0.326. The topological polar surface area (TPSA) is 55.8 Å². The van der Waals surface area contributed by atoms with Crippen LogP contribution in [-0.2, 0) is 14.3 Å². The molecule has 1 aliphatic heterocycles. The van der Waals surface area contributed by atoms with E-state index in [9.17, 15) is 9.59 Å². The Balaban J connectivity index is 2.34. The van der Waals surface area contributed by atoms with Gasteiger partial charge in [0.25, 0.3) is 0 Å². The molecule has 1 atom stereocenters. The van der Waals surface area contributed by atoms with E-state index in [1.807, 2.05) is 39.8 Å². The van der Waals surface area contributed by atoms with Crippen molar-refractivity contribution in [3.8, 4) is 0 Å². The van der Waals surface area contributed by atoms with E-state index in [4.69, 9.17) is 9.47 Å². The number of hydrogen-bond donors (Lipinski definition) is 0. The quantitative estimate of drug-likeness (QED) is 0.697. The number of amides is 1. The molecule has 1 heterocycles. The normalized spacial score (nSPS) is 24.9. The van der Waals surface area contributed by atoms with Gasteiger partial charge in [-0.2, -0.15) is 0 Å². The average Bonchev–Trinajstić information content (AvgIpc) is 2.72. The summed E-state index contributed by atoms with van der Waals surface area (Å²) in [4.78, 5) is 26.1. The molecule has 2 rings (SSSR count). The second kappa shape index (κ2) is 5.20. The van der Waals surface area contributed by atoms with Gasteiger partial charge in [0.15, 0.2) is 0 Å². The Morgan fingerprint density at radius 3 is 2.43 bits per heavy atom. The smallest absolute Gasteiger partial charge is 0.414 e. The van der Waals surface area contributed by atoms with Gasteiger partial charge in [0.1, 0.15) is 11.0 Å². The van der Waals surface area contributed by atoms with Crippen molar-refractivity contribution in [2.75, 3.05) is 13.7 Å². The van der Waals surface area contributed by atoms with Gasteiger partial charge in [-0.1, -0.05) is 12.2 Å². The third kappa shape index (κ3) is 2.82. The second-order valence-electron chi connectivity index (χ2n) is 6.67. The molecule has 1 amide bonds. The van der Waals surface area contributed by atoms with Crippen molar-refractivity contribution in [3.05, 3.63) is 23.4 Å². The van der Waals surface area contributed by atoms with Gasteiger partial charge in [0.05, 0.1) is 7.11 Å². The first kappa shape index (κ1) is 15.6. The maximum Gasteiger partial charge on any atom is 0.414 e. The van der Waals surface area contributed by atoms with Crippen LogP contribution in [0.4, 0.5) is 4.79 Å². The van der Waals surface area contributed by atoms with E-state index in [0.29, 0.717) is 0 Å². The first-order valence-electron chi connectivity index (χ1n) is 7.19. The van der Waals surface area contributed by atoms with Gasteiger partial charge in [-0.25, -0.2) is 4.79 Å². The van der Waals surface area contributed by atoms with Gasteiger partial charge in [-0.15, -0.1) is 0 Å². The van der Waals surface area contributed by atoms with Crippen LogP contribution in [0.3, 0.4) is 0 Å².